The highest BCUT2D eigenvalue weighted by Crippen LogP contribution is 2.19. The lowest BCUT2D eigenvalue weighted by Gasteiger charge is -2.29. The number of piperazine rings is 1. The van der Waals surface area contributed by atoms with Crippen molar-refractivity contribution in [3.05, 3.63) is 17.9 Å². The molecule has 1 saturated heterocycles. The molecule has 4 nitrogen and oxygen atoms in total. The summed E-state index contributed by atoms with van der Waals surface area (Å²) in [6.07, 6.45) is 0. The van der Waals surface area contributed by atoms with Gasteiger partial charge in [-0.15, -0.1) is 0 Å². The highest BCUT2D eigenvalue weighted by atomic mass is 16.4. The van der Waals surface area contributed by atoms with Crippen molar-refractivity contribution in [2.45, 2.75) is 19.9 Å². The van der Waals surface area contributed by atoms with E-state index in [1.54, 1.807) is 4.90 Å². The number of anilines is 1. The summed E-state index contributed by atoms with van der Waals surface area (Å²) in [6.45, 7) is 4.99. The molecule has 2 heterocycles. The Morgan fingerprint density at radius 2 is 2.36 bits per heavy atom. The number of furan rings is 1. The summed E-state index contributed by atoms with van der Waals surface area (Å²) in [7, 11) is 0. The summed E-state index contributed by atoms with van der Waals surface area (Å²) in [5.74, 6) is 1.55. The number of aryl methyl sites for hydroxylation is 1. The molecule has 1 atom stereocenters. The van der Waals surface area contributed by atoms with Crippen molar-refractivity contribution in [3.63, 3.8) is 0 Å². The van der Waals surface area contributed by atoms with Crippen LogP contribution in [0.1, 0.15) is 12.7 Å². The van der Waals surface area contributed by atoms with Crippen LogP contribution in [0, 0.1) is 6.92 Å². The van der Waals surface area contributed by atoms with Gasteiger partial charge in [0.05, 0.1) is 6.54 Å². The topological polar surface area (TPSA) is 45.5 Å². The quantitative estimate of drug-likeness (QED) is 0.722. The fourth-order valence-electron chi connectivity index (χ4n) is 1.58. The molecule has 2 rings (SSSR count). The van der Waals surface area contributed by atoms with Gasteiger partial charge < -0.3 is 9.73 Å². The highest BCUT2D eigenvalue weighted by Gasteiger charge is 2.25. The number of carbonyl (C=O) groups excluding carboxylic acids is 1. The molecule has 1 unspecified atom stereocenters. The molecule has 0 aromatic carbocycles. The number of hydrogen-bond acceptors (Lipinski definition) is 3. The molecule has 14 heavy (non-hydrogen) atoms. The molecule has 76 valence electrons. The zero-order chi connectivity index (χ0) is 10.1. The molecule has 0 radical (unpaired) electrons. The Bertz CT molecular complexity index is 346. The second-order valence-electron chi connectivity index (χ2n) is 3.67. The predicted octanol–water partition coefficient (Wildman–Crippen LogP) is 0.913. The number of carbonyl (C=O) groups is 1. The van der Waals surface area contributed by atoms with Gasteiger partial charge in [0.1, 0.15) is 5.76 Å². The van der Waals surface area contributed by atoms with Gasteiger partial charge in [0.15, 0.2) is 0 Å². The van der Waals surface area contributed by atoms with Crippen molar-refractivity contribution >= 4 is 11.8 Å². The molecular weight excluding hydrogens is 180 g/mol. The van der Waals surface area contributed by atoms with E-state index in [4.69, 9.17) is 4.42 Å². The van der Waals surface area contributed by atoms with Crippen LogP contribution in [0.5, 0.6) is 0 Å². The SMILES string of the molecule is Cc1ccc(N2CC(C)NCC2=O)o1. The fourth-order valence-corrected chi connectivity index (χ4v) is 1.58. The maximum Gasteiger partial charge on any atom is 0.243 e. The molecule has 4 heteroatoms. The van der Waals surface area contributed by atoms with Gasteiger partial charge in [-0.3, -0.25) is 9.69 Å². The Hall–Kier alpha value is -1.29. The van der Waals surface area contributed by atoms with E-state index in [1.165, 1.54) is 0 Å². The van der Waals surface area contributed by atoms with Crippen molar-refractivity contribution < 1.29 is 9.21 Å². The lowest BCUT2D eigenvalue weighted by molar-refractivity contribution is -0.119. The number of nitrogens with one attached hydrogen (secondary N) is 1. The van der Waals surface area contributed by atoms with Crippen LogP contribution >= 0.6 is 0 Å². The second-order valence-corrected chi connectivity index (χ2v) is 3.67. The minimum absolute atomic E-state index is 0.0671. The second kappa shape index (κ2) is 3.46. The van der Waals surface area contributed by atoms with E-state index in [9.17, 15) is 4.79 Å². The zero-order valence-corrected chi connectivity index (χ0v) is 8.41. The van der Waals surface area contributed by atoms with Crippen molar-refractivity contribution in [1.29, 1.82) is 0 Å². The molecule has 0 spiro atoms. The molecule has 1 aliphatic heterocycles. The highest BCUT2D eigenvalue weighted by molar-refractivity contribution is 5.94. The van der Waals surface area contributed by atoms with E-state index >= 15 is 0 Å². The molecule has 1 amide bonds. The third-order valence-electron chi connectivity index (χ3n) is 2.35. The molecule has 1 aromatic rings. The van der Waals surface area contributed by atoms with E-state index in [0.29, 0.717) is 25.0 Å². The van der Waals surface area contributed by atoms with Crippen LogP contribution in [-0.2, 0) is 4.79 Å². The number of rotatable bonds is 1. The average molecular weight is 194 g/mol. The van der Waals surface area contributed by atoms with Gasteiger partial charge in [-0.2, -0.15) is 0 Å². The van der Waals surface area contributed by atoms with Gasteiger partial charge >= 0.3 is 0 Å². The van der Waals surface area contributed by atoms with Gasteiger partial charge in [-0.1, -0.05) is 0 Å². The Balaban J connectivity index is 2.19. The minimum Gasteiger partial charge on any atom is -0.445 e. The van der Waals surface area contributed by atoms with Crippen molar-refractivity contribution in [2.75, 3.05) is 18.0 Å². The summed E-state index contributed by atoms with van der Waals surface area (Å²) >= 11 is 0. The Morgan fingerprint density at radius 3 is 3.00 bits per heavy atom. The molecular formula is C10H14N2O2. The molecule has 1 aliphatic rings. The maximum absolute atomic E-state index is 11.6. The third kappa shape index (κ3) is 1.65. The van der Waals surface area contributed by atoms with Crippen molar-refractivity contribution in [3.8, 4) is 0 Å². The Morgan fingerprint density at radius 1 is 1.57 bits per heavy atom. The lowest BCUT2D eigenvalue weighted by Crippen LogP contribution is -2.53. The summed E-state index contributed by atoms with van der Waals surface area (Å²) in [4.78, 5) is 13.2. The van der Waals surface area contributed by atoms with Gasteiger partial charge in [-0.05, 0) is 19.9 Å². The molecule has 1 N–H and O–H groups in total. The third-order valence-corrected chi connectivity index (χ3v) is 2.35. The smallest absolute Gasteiger partial charge is 0.243 e. The van der Waals surface area contributed by atoms with Crippen LogP contribution in [0.2, 0.25) is 0 Å². The van der Waals surface area contributed by atoms with Crippen LogP contribution in [0.15, 0.2) is 16.5 Å². The monoisotopic (exact) mass is 194 g/mol. The van der Waals surface area contributed by atoms with Crippen LogP contribution in [0.3, 0.4) is 0 Å². The first-order valence-corrected chi connectivity index (χ1v) is 4.77. The number of nitrogens with zero attached hydrogens (tertiary/aromatic N) is 1. The Kier molecular flexibility index (Phi) is 2.29. The van der Waals surface area contributed by atoms with Crippen LogP contribution in [0.4, 0.5) is 5.88 Å². The van der Waals surface area contributed by atoms with Crippen LogP contribution in [0.25, 0.3) is 0 Å². The first-order valence-electron chi connectivity index (χ1n) is 4.77. The Labute approximate surface area is 82.9 Å². The maximum atomic E-state index is 11.6. The van der Waals surface area contributed by atoms with Gasteiger partial charge in [0, 0.05) is 18.7 Å². The van der Waals surface area contributed by atoms with Crippen molar-refractivity contribution in [2.24, 2.45) is 0 Å². The van der Waals surface area contributed by atoms with E-state index in [-0.39, 0.29) is 5.91 Å². The van der Waals surface area contributed by atoms with Crippen molar-refractivity contribution in [1.82, 2.24) is 5.32 Å². The van der Waals surface area contributed by atoms with Gasteiger partial charge in [0.25, 0.3) is 0 Å². The lowest BCUT2D eigenvalue weighted by atomic mass is 10.2. The van der Waals surface area contributed by atoms with E-state index in [2.05, 4.69) is 12.2 Å². The molecule has 1 fully saturated rings. The molecule has 0 saturated carbocycles. The summed E-state index contributed by atoms with van der Waals surface area (Å²) in [5.41, 5.74) is 0. The largest absolute Gasteiger partial charge is 0.445 e. The molecule has 0 aliphatic carbocycles. The summed E-state index contributed by atoms with van der Waals surface area (Å²) in [5, 5.41) is 3.11. The first-order chi connectivity index (χ1) is 6.66. The zero-order valence-electron chi connectivity index (χ0n) is 8.41. The predicted molar refractivity (Wildman–Crippen MR) is 53.3 cm³/mol. The summed E-state index contributed by atoms with van der Waals surface area (Å²) < 4.78 is 5.42. The minimum atomic E-state index is 0.0671. The van der Waals surface area contributed by atoms with E-state index in [0.717, 1.165) is 5.76 Å². The van der Waals surface area contributed by atoms with E-state index < -0.39 is 0 Å². The average Bonchev–Trinajstić information content (AvgIpc) is 2.56. The van der Waals surface area contributed by atoms with Gasteiger partial charge in [0.2, 0.25) is 11.8 Å². The number of hydrogen-bond donors (Lipinski definition) is 1. The van der Waals surface area contributed by atoms with E-state index in [1.807, 2.05) is 19.1 Å². The standard InChI is InChI=1S/C10H14N2O2/c1-7-6-12(9(13)5-11-7)10-4-3-8(2)14-10/h3-4,7,11H,5-6H2,1-2H3. The molecule has 0 bridgehead atoms. The van der Waals surface area contributed by atoms with Crippen LogP contribution in [-0.4, -0.2) is 25.0 Å². The fraction of sp³-hybridized carbons (Fsp3) is 0.500. The molecule has 1 aromatic heterocycles. The van der Waals surface area contributed by atoms with Crippen LogP contribution < -0.4 is 10.2 Å². The normalized spacial score (nSPS) is 22.9. The first kappa shape index (κ1) is 9.27. The number of amides is 1. The van der Waals surface area contributed by atoms with Gasteiger partial charge in [-0.25, -0.2) is 0 Å². The summed E-state index contributed by atoms with van der Waals surface area (Å²) in [6, 6.07) is 4.03.